The van der Waals surface area contributed by atoms with Crippen molar-refractivity contribution in [3.8, 4) is 0 Å². The number of hydrogen-bond acceptors (Lipinski definition) is 4. The molecule has 1 N–H and O–H groups in total. The van der Waals surface area contributed by atoms with Crippen molar-refractivity contribution in [2.75, 3.05) is 45.3 Å². The van der Waals surface area contributed by atoms with Gasteiger partial charge in [-0.15, -0.1) is 0 Å². The summed E-state index contributed by atoms with van der Waals surface area (Å²) in [6.45, 7) is 5.01. The van der Waals surface area contributed by atoms with Crippen LogP contribution in [0.25, 0.3) is 0 Å². The van der Waals surface area contributed by atoms with Gasteiger partial charge in [0, 0.05) is 26.7 Å². The lowest BCUT2D eigenvalue weighted by Crippen LogP contribution is -2.47. The molecule has 116 valence electrons. The quantitative estimate of drug-likeness (QED) is 0.349. The zero-order valence-electron chi connectivity index (χ0n) is 12.9. The molecule has 1 aliphatic rings. The third-order valence-electron chi connectivity index (χ3n) is 3.43. The molecular weight excluding hydrogens is 274 g/mol. The number of rotatable bonds is 6. The highest BCUT2D eigenvalue weighted by molar-refractivity contribution is 7.98. The molecule has 0 saturated carbocycles. The maximum atomic E-state index is 11.7. The fraction of sp³-hybridized carbons (Fsp3) is 0.857. The van der Waals surface area contributed by atoms with Crippen LogP contribution < -0.4 is 5.32 Å². The van der Waals surface area contributed by atoms with Gasteiger partial charge in [0.05, 0.1) is 12.5 Å². The standard InChI is InChI=1S/C14H27N3O2S/c1-4-19-13(18)12-6-9-17(10-7-12)14(15-2)16-8-5-11-20-3/h12H,4-11H2,1-3H3,(H,15,16). The number of nitrogens with zero attached hydrogens (tertiary/aromatic N) is 2. The molecule has 0 atom stereocenters. The van der Waals surface area contributed by atoms with Gasteiger partial charge in [-0.05, 0) is 38.2 Å². The summed E-state index contributed by atoms with van der Waals surface area (Å²) in [4.78, 5) is 18.3. The number of nitrogens with one attached hydrogen (secondary N) is 1. The zero-order chi connectivity index (χ0) is 14.8. The van der Waals surface area contributed by atoms with E-state index in [2.05, 4.69) is 21.5 Å². The van der Waals surface area contributed by atoms with Gasteiger partial charge < -0.3 is 15.0 Å². The normalized spacial score (nSPS) is 17.1. The Kier molecular flexibility index (Phi) is 8.49. The number of thioether (sulfide) groups is 1. The molecule has 5 nitrogen and oxygen atoms in total. The number of likely N-dealkylation sites (tertiary alicyclic amines) is 1. The number of carbonyl (C=O) groups is 1. The molecular formula is C14H27N3O2S. The van der Waals surface area contributed by atoms with Crippen LogP contribution in [0.1, 0.15) is 26.2 Å². The van der Waals surface area contributed by atoms with Crippen molar-refractivity contribution in [2.24, 2.45) is 10.9 Å². The van der Waals surface area contributed by atoms with Gasteiger partial charge in [-0.3, -0.25) is 9.79 Å². The van der Waals surface area contributed by atoms with E-state index in [1.165, 1.54) is 0 Å². The van der Waals surface area contributed by atoms with E-state index < -0.39 is 0 Å². The summed E-state index contributed by atoms with van der Waals surface area (Å²) in [5.41, 5.74) is 0. The number of hydrogen-bond donors (Lipinski definition) is 1. The van der Waals surface area contributed by atoms with Crippen molar-refractivity contribution in [3.05, 3.63) is 0 Å². The number of aliphatic imine (C=N–C) groups is 1. The highest BCUT2D eigenvalue weighted by atomic mass is 32.2. The number of carbonyl (C=O) groups excluding carboxylic acids is 1. The average molecular weight is 301 g/mol. The Balaban J connectivity index is 2.33. The van der Waals surface area contributed by atoms with E-state index in [0.29, 0.717) is 6.61 Å². The highest BCUT2D eigenvalue weighted by Crippen LogP contribution is 2.18. The lowest BCUT2D eigenvalue weighted by atomic mass is 9.97. The van der Waals surface area contributed by atoms with Crippen molar-refractivity contribution in [3.63, 3.8) is 0 Å². The first kappa shape index (κ1) is 17.1. The van der Waals surface area contributed by atoms with E-state index in [1.807, 2.05) is 25.7 Å². The molecule has 0 aromatic carbocycles. The summed E-state index contributed by atoms with van der Waals surface area (Å²) in [5.74, 6) is 2.12. The van der Waals surface area contributed by atoms with Crippen molar-refractivity contribution in [2.45, 2.75) is 26.2 Å². The second-order valence-corrected chi connectivity index (χ2v) is 5.82. The summed E-state index contributed by atoms with van der Waals surface area (Å²) >= 11 is 1.86. The molecule has 1 heterocycles. The van der Waals surface area contributed by atoms with Crippen LogP contribution in [0.15, 0.2) is 4.99 Å². The molecule has 0 radical (unpaired) electrons. The summed E-state index contributed by atoms with van der Waals surface area (Å²) < 4.78 is 5.09. The van der Waals surface area contributed by atoms with Crippen LogP contribution in [0.4, 0.5) is 0 Å². The SMILES string of the molecule is CCOC(=O)C1CCN(C(=NC)NCCCSC)CC1. The Bertz CT molecular complexity index is 316. The Labute approximate surface area is 126 Å². The third kappa shape index (κ3) is 5.61. The van der Waals surface area contributed by atoms with E-state index in [9.17, 15) is 4.79 Å². The maximum absolute atomic E-state index is 11.7. The van der Waals surface area contributed by atoms with Crippen molar-refractivity contribution in [1.82, 2.24) is 10.2 Å². The second-order valence-electron chi connectivity index (χ2n) is 4.83. The Morgan fingerprint density at radius 2 is 2.15 bits per heavy atom. The van der Waals surface area contributed by atoms with Crippen molar-refractivity contribution < 1.29 is 9.53 Å². The lowest BCUT2D eigenvalue weighted by molar-refractivity contribution is -0.149. The average Bonchev–Trinajstić information content (AvgIpc) is 2.48. The predicted octanol–water partition coefficient (Wildman–Crippen LogP) is 1.59. The fourth-order valence-electron chi connectivity index (χ4n) is 2.34. The summed E-state index contributed by atoms with van der Waals surface area (Å²) in [7, 11) is 1.81. The van der Waals surface area contributed by atoms with Crippen molar-refractivity contribution in [1.29, 1.82) is 0 Å². The summed E-state index contributed by atoms with van der Waals surface area (Å²) in [6.07, 6.45) is 4.96. The van der Waals surface area contributed by atoms with Gasteiger partial charge >= 0.3 is 5.97 Å². The number of ether oxygens (including phenoxy) is 1. The molecule has 0 amide bonds. The molecule has 0 spiro atoms. The van der Waals surface area contributed by atoms with E-state index in [0.717, 1.165) is 50.6 Å². The molecule has 0 aromatic rings. The van der Waals surface area contributed by atoms with Gasteiger partial charge in [0.2, 0.25) is 0 Å². The van der Waals surface area contributed by atoms with Gasteiger partial charge in [0.25, 0.3) is 0 Å². The highest BCUT2D eigenvalue weighted by Gasteiger charge is 2.27. The minimum Gasteiger partial charge on any atom is -0.466 e. The first-order chi connectivity index (χ1) is 9.72. The zero-order valence-corrected chi connectivity index (χ0v) is 13.7. The van der Waals surface area contributed by atoms with Gasteiger partial charge in [0.1, 0.15) is 0 Å². The Hall–Kier alpha value is -0.910. The molecule has 20 heavy (non-hydrogen) atoms. The molecule has 0 aliphatic carbocycles. The van der Waals surface area contributed by atoms with Gasteiger partial charge in [-0.1, -0.05) is 0 Å². The lowest BCUT2D eigenvalue weighted by Gasteiger charge is -2.33. The number of esters is 1. The summed E-state index contributed by atoms with van der Waals surface area (Å²) in [5, 5.41) is 3.39. The third-order valence-corrected chi connectivity index (χ3v) is 4.13. The molecule has 1 fully saturated rings. The maximum Gasteiger partial charge on any atom is 0.309 e. The largest absolute Gasteiger partial charge is 0.466 e. The second kappa shape index (κ2) is 9.91. The minimum atomic E-state index is -0.0462. The minimum absolute atomic E-state index is 0.0462. The van der Waals surface area contributed by atoms with Gasteiger partial charge in [-0.25, -0.2) is 0 Å². The molecule has 1 aliphatic heterocycles. The van der Waals surface area contributed by atoms with Crippen LogP contribution in [0.2, 0.25) is 0 Å². The van der Waals surface area contributed by atoms with E-state index in [-0.39, 0.29) is 11.9 Å². The molecule has 0 aromatic heterocycles. The molecule has 0 unspecified atom stereocenters. The van der Waals surface area contributed by atoms with Gasteiger partial charge in [-0.2, -0.15) is 11.8 Å². The molecule has 1 saturated heterocycles. The van der Waals surface area contributed by atoms with Crippen LogP contribution in [0.3, 0.4) is 0 Å². The number of piperidine rings is 1. The number of guanidine groups is 1. The van der Waals surface area contributed by atoms with E-state index in [1.54, 1.807) is 0 Å². The predicted molar refractivity (Wildman–Crippen MR) is 85.3 cm³/mol. The molecule has 6 heteroatoms. The molecule has 1 rings (SSSR count). The van der Waals surface area contributed by atoms with E-state index >= 15 is 0 Å². The van der Waals surface area contributed by atoms with Crippen LogP contribution in [-0.2, 0) is 9.53 Å². The van der Waals surface area contributed by atoms with E-state index in [4.69, 9.17) is 4.74 Å². The van der Waals surface area contributed by atoms with Crippen LogP contribution in [0.5, 0.6) is 0 Å². The smallest absolute Gasteiger partial charge is 0.309 e. The van der Waals surface area contributed by atoms with Crippen LogP contribution >= 0.6 is 11.8 Å². The first-order valence-electron chi connectivity index (χ1n) is 7.34. The summed E-state index contributed by atoms with van der Waals surface area (Å²) in [6, 6.07) is 0. The molecule has 0 bridgehead atoms. The monoisotopic (exact) mass is 301 g/mol. The topological polar surface area (TPSA) is 53.9 Å². The van der Waals surface area contributed by atoms with Crippen molar-refractivity contribution >= 4 is 23.7 Å². The Morgan fingerprint density at radius 3 is 2.70 bits per heavy atom. The van der Waals surface area contributed by atoms with Crippen LogP contribution in [0, 0.1) is 5.92 Å². The fourth-order valence-corrected chi connectivity index (χ4v) is 2.77. The Morgan fingerprint density at radius 1 is 1.45 bits per heavy atom. The van der Waals surface area contributed by atoms with Crippen LogP contribution in [-0.4, -0.2) is 62.1 Å². The van der Waals surface area contributed by atoms with Gasteiger partial charge in [0.15, 0.2) is 5.96 Å². The first-order valence-corrected chi connectivity index (χ1v) is 8.73.